The number of benzene rings is 1. The Labute approximate surface area is 274 Å². The lowest BCUT2D eigenvalue weighted by atomic mass is 9.42. The van der Waals surface area contributed by atoms with Gasteiger partial charge in [0, 0.05) is 30.6 Å². The number of hydrogen-bond donors (Lipinski definition) is 3. The minimum Gasteiger partial charge on any atom is -0.459 e. The lowest BCUT2D eigenvalue weighted by molar-refractivity contribution is -0.314. The average molecular weight is 657 g/mol. The highest BCUT2D eigenvalue weighted by Crippen LogP contribution is 2.71. The van der Waals surface area contributed by atoms with Crippen LogP contribution in [-0.2, 0) is 23.9 Å². The normalized spacial score (nSPS) is 38.3. The van der Waals surface area contributed by atoms with Crippen molar-refractivity contribution in [2.24, 2.45) is 22.7 Å². The molecular formula is C37H46F2O8. The van der Waals surface area contributed by atoms with Gasteiger partial charge in [0.25, 0.3) is 0 Å². The van der Waals surface area contributed by atoms with Crippen LogP contribution in [0, 0.1) is 34.3 Å². The van der Waals surface area contributed by atoms with Crippen molar-refractivity contribution in [3.05, 3.63) is 64.8 Å². The summed E-state index contributed by atoms with van der Waals surface area (Å²) < 4.78 is 38.8. The van der Waals surface area contributed by atoms with E-state index in [0.717, 1.165) is 35.4 Å². The number of carbonyl (C=O) groups is 3. The van der Waals surface area contributed by atoms with E-state index in [-0.39, 0.29) is 37.2 Å². The van der Waals surface area contributed by atoms with Gasteiger partial charge in [0.1, 0.15) is 40.6 Å². The number of fused-ring (bicyclic) bond motifs is 5. The zero-order chi connectivity index (χ0) is 34.7. The van der Waals surface area contributed by atoms with Crippen molar-refractivity contribution in [3.63, 3.8) is 0 Å². The molecular weight excluding hydrogens is 610 g/mol. The molecule has 256 valence electrons. The molecule has 0 bridgehead atoms. The fraction of sp³-hybridized carbons (Fsp3) is 0.595. The molecule has 0 heterocycles. The zero-order valence-corrected chi connectivity index (χ0v) is 27.9. The zero-order valence-electron chi connectivity index (χ0n) is 27.9. The van der Waals surface area contributed by atoms with Gasteiger partial charge in [0.05, 0.1) is 5.41 Å². The van der Waals surface area contributed by atoms with Gasteiger partial charge in [0.15, 0.2) is 5.78 Å². The highest BCUT2D eigenvalue weighted by atomic mass is 19.1. The highest BCUT2D eigenvalue weighted by Gasteiger charge is 2.81. The number of Topliss-reactive ketones (excluding diaryl/α,β-unsaturated/α-hetero) is 1. The Morgan fingerprint density at radius 1 is 0.957 bits per heavy atom. The Hall–Kier alpha value is -3.21. The molecule has 4 aliphatic carbocycles. The summed E-state index contributed by atoms with van der Waals surface area (Å²) in [4.78, 5) is 38.9. The molecule has 1 aromatic rings. The summed E-state index contributed by atoms with van der Waals surface area (Å²) in [5.74, 6) is -3.92. The molecule has 1 unspecified atom stereocenters. The Morgan fingerprint density at radius 3 is 2.23 bits per heavy atom. The van der Waals surface area contributed by atoms with Gasteiger partial charge < -0.3 is 24.8 Å². The average Bonchev–Trinajstić information content (AvgIpc) is 3.21. The van der Waals surface area contributed by atoms with Crippen molar-refractivity contribution in [3.8, 4) is 0 Å². The van der Waals surface area contributed by atoms with Crippen LogP contribution < -0.4 is 0 Å². The molecule has 10 heteroatoms. The monoisotopic (exact) mass is 656 g/mol. The van der Waals surface area contributed by atoms with Crippen molar-refractivity contribution in [2.45, 2.75) is 115 Å². The standard InChI is InChI=1S/C37H46F2O8/c1-21(2)22(3)15-32(42)47-30-20-29-33(5)11-10-28(46-31(41)8-7-24-16-26(38)19-27(39)17-24)18-25(33)9-12-36(29,44)37(45)14-13-35(43,23(4)40)34(30,37)6/h7-9,15-17,19,21,28-30,43-45H,10-14,18,20H2,1-6H3/b8-7+,22-15+/t28-,29?,30+,33-,34+,35+,36-,37+/m0/s1. The third kappa shape index (κ3) is 5.50. The molecule has 0 aromatic heterocycles. The van der Waals surface area contributed by atoms with Crippen LogP contribution in [0.3, 0.4) is 0 Å². The number of rotatable bonds is 7. The van der Waals surface area contributed by atoms with Crippen LogP contribution in [0.2, 0.25) is 0 Å². The van der Waals surface area contributed by atoms with Crippen molar-refractivity contribution < 1.29 is 48.0 Å². The summed E-state index contributed by atoms with van der Waals surface area (Å²) in [5, 5.41) is 37.1. The summed E-state index contributed by atoms with van der Waals surface area (Å²) in [6.07, 6.45) is 5.30. The number of aliphatic hydroxyl groups is 3. The van der Waals surface area contributed by atoms with E-state index in [2.05, 4.69) is 0 Å². The number of ether oxygens (including phenoxy) is 2. The topological polar surface area (TPSA) is 130 Å². The van der Waals surface area contributed by atoms with Crippen LogP contribution in [-0.4, -0.2) is 62.1 Å². The highest BCUT2D eigenvalue weighted by molar-refractivity contribution is 5.88. The summed E-state index contributed by atoms with van der Waals surface area (Å²) in [5.41, 5.74) is -6.24. The number of ketones is 1. The predicted molar refractivity (Wildman–Crippen MR) is 169 cm³/mol. The Kier molecular flexibility index (Phi) is 8.99. The molecule has 3 saturated carbocycles. The first kappa shape index (κ1) is 35.1. The molecule has 0 saturated heterocycles. The molecule has 5 rings (SSSR count). The van der Waals surface area contributed by atoms with Crippen LogP contribution in [0.5, 0.6) is 0 Å². The number of halogens is 2. The lowest BCUT2D eigenvalue weighted by Gasteiger charge is -2.67. The number of hydrogen-bond acceptors (Lipinski definition) is 8. The molecule has 0 spiro atoms. The van der Waals surface area contributed by atoms with E-state index >= 15 is 0 Å². The van der Waals surface area contributed by atoms with Gasteiger partial charge in [0.2, 0.25) is 0 Å². The summed E-state index contributed by atoms with van der Waals surface area (Å²) in [7, 11) is 0. The molecule has 8 nitrogen and oxygen atoms in total. The fourth-order valence-electron chi connectivity index (χ4n) is 9.02. The van der Waals surface area contributed by atoms with Crippen LogP contribution in [0.15, 0.2) is 47.6 Å². The van der Waals surface area contributed by atoms with Crippen molar-refractivity contribution in [1.29, 1.82) is 0 Å². The van der Waals surface area contributed by atoms with Gasteiger partial charge in [-0.25, -0.2) is 18.4 Å². The van der Waals surface area contributed by atoms with E-state index in [1.54, 1.807) is 6.92 Å². The molecule has 0 amide bonds. The van der Waals surface area contributed by atoms with Gasteiger partial charge in [-0.2, -0.15) is 0 Å². The Bertz CT molecular complexity index is 1540. The molecule has 0 radical (unpaired) electrons. The number of allylic oxidation sites excluding steroid dienone is 1. The maximum absolute atomic E-state index is 13.5. The smallest absolute Gasteiger partial charge is 0.331 e. The second-order valence-corrected chi connectivity index (χ2v) is 14.8. The number of carbonyl (C=O) groups excluding carboxylic acids is 3. The molecule has 1 aromatic carbocycles. The van der Waals surface area contributed by atoms with E-state index in [4.69, 9.17) is 9.47 Å². The predicted octanol–water partition coefficient (Wildman–Crippen LogP) is 5.53. The Balaban J connectivity index is 1.44. The molecule has 8 atom stereocenters. The SMILES string of the molecule is CC(=O)[C@]1(O)CC[C@@]2(O)[C@]1(C)[C@H](OC(=O)/C=C(\C)C(C)C)CC1[C@@]3(C)CC[C@H](OC(=O)/C=C/c4cc(F)cc(F)c4)CC3=CC[C@]12O. The molecule has 3 fully saturated rings. The van der Waals surface area contributed by atoms with Gasteiger partial charge in [-0.05, 0) is 94.4 Å². The number of esters is 2. The second-order valence-electron chi connectivity index (χ2n) is 14.8. The minimum absolute atomic E-state index is 0.0292. The van der Waals surface area contributed by atoms with Crippen LogP contribution in [0.1, 0.15) is 92.1 Å². The van der Waals surface area contributed by atoms with Gasteiger partial charge in [-0.3, -0.25) is 4.79 Å². The first-order chi connectivity index (χ1) is 21.8. The van der Waals surface area contributed by atoms with E-state index in [1.165, 1.54) is 19.1 Å². The maximum atomic E-state index is 13.5. The largest absolute Gasteiger partial charge is 0.459 e. The van der Waals surface area contributed by atoms with Gasteiger partial charge in [-0.15, -0.1) is 0 Å². The van der Waals surface area contributed by atoms with E-state index in [0.29, 0.717) is 19.3 Å². The van der Waals surface area contributed by atoms with E-state index < -0.39 is 75.1 Å². The molecule has 0 aliphatic heterocycles. The molecule has 4 aliphatic rings. The first-order valence-electron chi connectivity index (χ1n) is 16.4. The van der Waals surface area contributed by atoms with Gasteiger partial charge in [-0.1, -0.05) is 38.0 Å². The maximum Gasteiger partial charge on any atom is 0.331 e. The molecule has 47 heavy (non-hydrogen) atoms. The minimum atomic E-state index is -2.04. The van der Waals surface area contributed by atoms with Crippen molar-refractivity contribution in [1.82, 2.24) is 0 Å². The quantitative estimate of drug-likeness (QED) is 0.199. The summed E-state index contributed by atoms with van der Waals surface area (Å²) in [6, 6.07) is 2.94. The van der Waals surface area contributed by atoms with Gasteiger partial charge >= 0.3 is 11.9 Å². The fourth-order valence-corrected chi connectivity index (χ4v) is 9.02. The van der Waals surface area contributed by atoms with Crippen LogP contribution in [0.25, 0.3) is 6.08 Å². The van der Waals surface area contributed by atoms with E-state index in [1.807, 2.05) is 33.8 Å². The third-order valence-electron chi connectivity index (χ3n) is 12.2. The molecule has 3 N–H and O–H groups in total. The van der Waals surface area contributed by atoms with Crippen LogP contribution in [0.4, 0.5) is 8.78 Å². The van der Waals surface area contributed by atoms with Crippen molar-refractivity contribution in [2.75, 3.05) is 0 Å². The van der Waals surface area contributed by atoms with Crippen LogP contribution >= 0.6 is 0 Å². The lowest BCUT2D eigenvalue weighted by Crippen LogP contribution is -2.78. The van der Waals surface area contributed by atoms with E-state index in [9.17, 15) is 38.5 Å². The first-order valence-corrected chi connectivity index (χ1v) is 16.4. The Morgan fingerprint density at radius 2 is 1.62 bits per heavy atom. The third-order valence-corrected chi connectivity index (χ3v) is 12.2. The second kappa shape index (κ2) is 12.0. The summed E-state index contributed by atoms with van der Waals surface area (Å²) in [6.45, 7) is 10.5. The van der Waals surface area contributed by atoms with Crippen molar-refractivity contribution >= 4 is 23.8 Å². The summed E-state index contributed by atoms with van der Waals surface area (Å²) >= 11 is 0.